The van der Waals surface area contributed by atoms with E-state index < -0.39 is 11.9 Å². The molecule has 0 radical (unpaired) electrons. The zero-order chi connectivity index (χ0) is 23.3. The average Bonchev–Trinajstić information content (AvgIpc) is 2.80. The Balaban J connectivity index is 1.71. The van der Waals surface area contributed by atoms with E-state index in [-0.39, 0.29) is 23.0 Å². The number of anilines is 1. The second kappa shape index (κ2) is 10.8. The third-order valence-corrected chi connectivity index (χ3v) is 6.05. The van der Waals surface area contributed by atoms with E-state index in [2.05, 4.69) is 10.2 Å². The highest BCUT2D eigenvalue weighted by Crippen LogP contribution is 2.26. The van der Waals surface area contributed by atoms with Crippen molar-refractivity contribution in [1.29, 1.82) is 0 Å². The number of piperidine rings is 1. The zero-order valence-corrected chi connectivity index (χ0v) is 19.3. The van der Waals surface area contributed by atoms with Gasteiger partial charge in [-0.25, -0.2) is 9.59 Å². The molecule has 1 saturated heterocycles. The average molecular weight is 479 g/mol. The SMILES string of the molecule is COC(=O)c1cc(NC(=O)C2CCCN(Cc3ccc(Cl)c(Cl)c3)C2)cc(C(=O)OC)c1. The van der Waals surface area contributed by atoms with Crippen LogP contribution in [0.5, 0.6) is 0 Å². The normalized spacial score (nSPS) is 16.3. The molecule has 0 aliphatic carbocycles. The van der Waals surface area contributed by atoms with Gasteiger partial charge in [0.2, 0.25) is 5.91 Å². The lowest BCUT2D eigenvalue weighted by molar-refractivity contribution is -0.121. The summed E-state index contributed by atoms with van der Waals surface area (Å²) in [7, 11) is 2.49. The van der Waals surface area contributed by atoms with Gasteiger partial charge >= 0.3 is 11.9 Å². The first kappa shape index (κ1) is 24.0. The van der Waals surface area contributed by atoms with Gasteiger partial charge in [0.15, 0.2) is 0 Å². The minimum atomic E-state index is -0.614. The summed E-state index contributed by atoms with van der Waals surface area (Å²) in [6.45, 7) is 2.10. The van der Waals surface area contributed by atoms with Crippen LogP contribution in [0.4, 0.5) is 5.69 Å². The summed E-state index contributed by atoms with van der Waals surface area (Å²) in [5.41, 5.74) is 1.65. The number of methoxy groups -OCH3 is 2. The van der Waals surface area contributed by atoms with Gasteiger partial charge in [-0.15, -0.1) is 0 Å². The van der Waals surface area contributed by atoms with Gasteiger partial charge in [0.05, 0.1) is 41.3 Å². The molecule has 1 aliphatic heterocycles. The number of hydrogen-bond donors (Lipinski definition) is 1. The monoisotopic (exact) mass is 478 g/mol. The van der Waals surface area contributed by atoms with Gasteiger partial charge in [-0.3, -0.25) is 9.69 Å². The Morgan fingerprint density at radius 1 is 1.00 bits per heavy atom. The molecular weight excluding hydrogens is 455 g/mol. The lowest BCUT2D eigenvalue weighted by atomic mass is 9.96. The molecule has 0 spiro atoms. The lowest BCUT2D eigenvalue weighted by Crippen LogP contribution is -2.40. The van der Waals surface area contributed by atoms with E-state index in [9.17, 15) is 14.4 Å². The highest BCUT2D eigenvalue weighted by molar-refractivity contribution is 6.42. The maximum absolute atomic E-state index is 13.0. The van der Waals surface area contributed by atoms with Crippen molar-refractivity contribution in [3.05, 3.63) is 63.1 Å². The molecule has 1 N–H and O–H groups in total. The molecular formula is C23H24Cl2N2O5. The quantitative estimate of drug-likeness (QED) is 0.618. The molecule has 1 unspecified atom stereocenters. The van der Waals surface area contributed by atoms with Crippen LogP contribution >= 0.6 is 23.2 Å². The predicted molar refractivity (Wildman–Crippen MR) is 122 cm³/mol. The number of nitrogens with zero attached hydrogens (tertiary/aromatic N) is 1. The number of carbonyl (C=O) groups excluding carboxylic acids is 3. The minimum Gasteiger partial charge on any atom is -0.465 e. The summed E-state index contributed by atoms with van der Waals surface area (Å²) in [6, 6.07) is 9.84. The van der Waals surface area contributed by atoms with Crippen LogP contribution in [0.1, 0.15) is 39.1 Å². The van der Waals surface area contributed by atoms with Crippen molar-refractivity contribution >= 4 is 46.7 Å². The Kier molecular flexibility index (Phi) is 8.12. The van der Waals surface area contributed by atoms with Crippen molar-refractivity contribution in [1.82, 2.24) is 4.90 Å². The summed E-state index contributed by atoms with van der Waals surface area (Å²) in [5, 5.41) is 3.84. The predicted octanol–water partition coefficient (Wildman–Crippen LogP) is 4.42. The maximum Gasteiger partial charge on any atom is 0.337 e. The molecule has 9 heteroatoms. The van der Waals surface area contributed by atoms with E-state index in [1.54, 1.807) is 6.07 Å². The fourth-order valence-electron chi connectivity index (χ4n) is 3.72. The minimum absolute atomic E-state index is 0.149. The Bertz CT molecular complexity index is 993. The molecule has 1 amide bonds. The van der Waals surface area contributed by atoms with E-state index in [1.807, 2.05) is 12.1 Å². The molecule has 1 fully saturated rings. The number of amides is 1. The van der Waals surface area contributed by atoms with Crippen LogP contribution in [0.3, 0.4) is 0 Å². The summed E-state index contributed by atoms with van der Waals surface area (Å²) in [6.07, 6.45) is 1.61. The van der Waals surface area contributed by atoms with Crippen molar-refractivity contribution in [3.63, 3.8) is 0 Å². The number of carbonyl (C=O) groups is 3. The fraction of sp³-hybridized carbons (Fsp3) is 0.348. The first-order valence-electron chi connectivity index (χ1n) is 10.1. The molecule has 7 nitrogen and oxygen atoms in total. The summed E-state index contributed by atoms with van der Waals surface area (Å²) >= 11 is 12.1. The largest absolute Gasteiger partial charge is 0.465 e. The first-order chi connectivity index (χ1) is 15.3. The van der Waals surface area contributed by atoms with Crippen LogP contribution in [0.2, 0.25) is 10.0 Å². The topological polar surface area (TPSA) is 84.9 Å². The Morgan fingerprint density at radius 3 is 2.25 bits per heavy atom. The molecule has 2 aromatic rings. The van der Waals surface area contributed by atoms with Crippen LogP contribution in [-0.2, 0) is 20.8 Å². The lowest BCUT2D eigenvalue weighted by Gasteiger charge is -2.32. The Morgan fingerprint density at radius 2 is 1.66 bits per heavy atom. The van der Waals surface area contributed by atoms with Crippen LogP contribution < -0.4 is 5.32 Å². The highest BCUT2D eigenvalue weighted by atomic mass is 35.5. The summed E-state index contributed by atoms with van der Waals surface area (Å²) < 4.78 is 9.48. The molecule has 1 aliphatic rings. The molecule has 170 valence electrons. The fourth-order valence-corrected chi connectivity index (χ4v) is 4.05. The zero-order valence-electron chi connectivity index (χ0n) is 17.8. The molecule has 3 rings (SSSR count). The molecule has 0 saturated carbocycles. The van der Waals surface area contributed by atoms with Crippen LogP contribution in [0, 0.1) is 5.92 Å². The maximum atomic E-state index is 13.0. The van der Waals surface area contributed by atoms with Gasteiger partial charge in [-0.2, -0.15) is 0 Å². The van der Waals surface area contributed by atoms with E-state index in [4.69, 9.17) is 32.7 Å². The number of hydrogen-bond acceptors (Lipinski definition) is 6. The number of likely N-dealkylation sites (tertiary alicyclic amines) is 1. The van der Waals surface area contributed by atoms with E-state index in [1.165, 1.54) is 32.4 Å². The second-order valence-electron chi connectivity index (χ2n) is 7.59. The van der Waals surface area contributed by atoms with Gasteiger partial charge in [-0.1, -0.05) is 29.3 Å². The van der Waals surface area contributed by atoms with Crippen LogP contribution in [0.25, 0.3) is 0 Å². The number of rotatable bonds is 6. The molecule has 32 heavy (non-hydrogen) atoms. The van der Waals surface area contributed by atoms with Crippen molar-refractivity contribution in [3.8, 4) is 0 Å². The van der Waals surface area contributed by atoms with Crippen molar-refractivity contribution in [2.45, 2.75) is 19.4 Å². The Labute approximate surface area is 196 Å². The third-order valence-electron chi connectivity index (χ3n) is 5.31. The van der Waals surface area contributed by atoms with Gasteiger partial charge in [0.1, 0.15) is 0 Å². The summed E-state index contributed by atoms with van der Waals surface area (Å²) in [5.74, 6) is -1.65. The van der Waals surface area contributed by atoms with Crippen LogP contribution in [-0.4, -0.2) is 50.1 Å². The van der Waals surface area contributed by atoms with Crippen molar-refractivity contribution in [2.24, 2.45) is 5.92 Å². The van der Waals surface area contributed by atoms with Gasteiger partial charge in [-0.05, 0) is 55.3 Å². The smallest absolute Gasteiger partial charge is 0.337 e. The molecule has 1 heterocycles. The van der Waals surface area contributed by atoms with Crippen LogP contribution in [0.15, 0.2) is 36.4 Å². The number of nitrogens with one attached hydrogen (secondary N) is 1. The Hall–Kier alpha value is -2.61. The van der Waals surface area contributed by atoms with Gasteiger partial charge in [0.25, 0.3) is 0 Å². The standard InChI is InChI=1S/C23H24Cl2N2O5/c1-31-22(29)16-9-17(23(30)32-2)11-18(10-16)26-21(28)15-4-3-7-27(13-15)12-14-5-6-19(24)20(25)8-14/h5-6,8-11,15H,3-4,7,12-13H2,1-2H3,(H,26,28). The molecule has 2 aromatic carbocycles. The first-order valence-corrected chi connectivity index (χ1v) is 10.8. The number of benzene rings is 2. The van der Waals surface area contributed by atoms with E-state index in [0.717, 1.165) is 24.9 Å². The third kappa shape index (κ3) is 6.00. The number of halogens is 2. The van der Waals surface area contributed by atoms with E-state index >= 15 is 0 Å². The molecule has 0 aromatic heterocycles. The number of esters is 2. The highest BCUT2D eigenvalue weighted by Gasteiger charge is 2.26. The summed E-state index contributed by atoms with van der Waals surface area (Å²) in [4.78, 5) is 39.1. The number of ether oxygens (including phenoxy) is 2. The van der Waals surface area contributed by atoms with Gasteiger partial charge in [0, 0.05) is 18.8 Å². The van der Waals surface area contributed by atoms with Crippen molar-refractivity contribution < 1.29 is 23.9 Å². The molecule has 1 atom stereocenters. The van der Waals surface area contributed by atoms with Gasteiger partial charge < -0.3 is 14.8 Å². The second-order valence-corrected chi connectivity index (χ2v) is 8.41. The molecule has 0 bridgehead atoms. The van der Waals surface area contributed by atoms with E-state index in [0.29, 0.717) is 28.8 Å². The van der Waals surface area contributed by atoms with Crippen molar-refractivity contribution in [2.75, 3.05) is 32.6 Å².